The van der Waals surface area contributed by atoms with Gasteiger partial charge in [-0.05, 0) is 63.1 Å². The molecule has 4 aromatic rings. The van der Waals surface area contributed by atoms with Crippen LogP contribution in [0.1, 0.15) is 64.1 Å². The Labute approximate surface area is 245 Å². The number of anilines is 1. The first kappa shape index (κ1) is 28.9. The van der Waals surface area contributed by atoms with Crippen LogP contribution in [0.4, 0.5) is 5.82 Å². The van der Waals surface area contributed by atoms with Gasteiger partial charge < -0.3 is 30.8 Å². The van der Waals surface area contributed by atoms with Crippen LogP contribution in [0.3, 0.4) is 0 Å². The number of aliphatic hydroxyl groups is 3. The largest absolute Gasteiger partial charge is 0.395 e. The molecule has 226 valence electrons. The van der Waals surface area contributed by atoms with Crippen molar-refractivity contribution in [1.82, 2.24) is 34.4 Å². The molecule has 0 bridgehead atoms. The minimum absolute atomic E-state index is 0.108. The maximum absolute atomic E-state index is 11.1. The van der Waals surface area contributed by atoms with Crippen molar-refractivity contribution in [2.45, 2.75) is 88.8 Å². The summed E-state index contributed by atoms with van der Waals surface area (Å²) in [5.41, 5.74) is 9.04. The normalized spacial score (nSPS) is 23.8. The lowest BCUT2D eigenvalue weighted by molar-refractivity contribution is -0.0548. The first-order valence-electron chi connectivity index (χ1n) is 14.9. The number of H-pyrrole nitrogens is 1. The first-order valence-corrected chi connectivity index (χ1v) is 14.9. The second-order valence-electron chi connectivity index (χ2n) is 12.6. The van der Waals surface area contributed by atoms with Gasteiger partial charge in [-0.2, -0.15) is 0 Å². The monoisotopic (exact) mass is 578 g/mol. The highest BCUT2D eigenvalue weighted by Gasteiger charge is 2.40. The van der Waals surface area contributed by atoms with Crippen LogP contribution in [0.5, 0.6) is 0 Å². The number of nitrogens with two attached hydrogens (primary N) is 1. The fourth-order valence-electron chi connectivity index (χ4n) is 6.47. The number of ether oxygens (including phenoxy) is 1. The molecule has 0 radical (unpaired) electrons. The summed E-state index contributed by atoms with van der Waals surface area (Å²) in [5, 5.41) is 30.6. The van der Waals surface area contributed by atoms with Crippen LogP contribution >= 0.6 is 0 Å². The Bertz CT molecular complexity index is 1530. The first-order chi connectivity index (χ1) is 20.2. The number of imidazole rings is 2. The van der Waals surface area contributed by atoms with E-state index in [4.69, 9.17) is 10.5 Å². The number of nitrogens with one attached hydrogen (secondary N) is 1. The fraction of sp³-hybridized carbons (Fsp3) is 0.600. The third-order valence-corrected chi connectivity index (χ3v) is 9.35. The molecular weight excluding hydrogens is 536 g/mol. The second kappa shape index (κ2) is 11.5. The molecule has 1 aliphatic heterocycles. The topological polar surface area (TPSA) is 171 Å². The van der Waals surface area contributed by atoms with Crippen LogP contribution in [0.2, 0.25) is 0 Å². The predicted octanol–water partition coefficient (Wildman–Crippen LogP) is 2.30. The van der Waals surface area contributed by atoms with Gasteiger partial charge in [0, 0.05) is 30.5 Å². The minimum atomic E-state index is -0.718. The summed E-state index contributed by atoms with van der Waals surface area (Å²) in [7, 11) is 0. The van der Waals surface area contributed by atoms with Crippen LogP contribution in [-0.4, -0.2) is 93.8 Å². The summed E-state index contributed by atoms with van der Waals surface area (Å²) in [6.45, 7) is 6.82. The average Bonchev–Trinajstić information content (AvgIpc) is 3.69. The summed E-state index contributed by atoms with van der Waals surface area (Å²) >= 11 is 0. The lowest BCUT2D eigenvalue weighted by atomic mass is 9.74. The van der Waals surface area contributed by atoms with E-state index in [2.05, 4.69) is 43.7 Å². The van der Waals surface area contributed by atoms with Crippen LogP contribution in [0.25, 0.3) is 22.2 Å². The van der Waals surface area contributed by atoms with Crippen LogP contribution in [0.15, 0.2) is 30.9 Å². The Hall–Kier alpha value is -3.16. The minimum Gasteiger partial charge on any atom is -0.395 e. The van der Waals surface area contributed by atoms with Gasteiger partial charge in [-0.1, -0.05) is 13.0 Å². The van der Waals surface area contributed by atoms with E-state index in [0.29, 0.717) is 35.5 Å². The van der Waals surface area contributed by atoms with E-state index in [9.17, 15) is 15.3 Å². The van der Waals surface area contributed by atoms with Gasteiger partial charge in [0.1, 0.15) is 23.9 Å². The number of hydrogen-bond acceptors (Lipinski definition) is 10. The van der Waals surface area contributed by atoms with Gasteiger partial charge in [0.25, 0.3) is 0 Å². The highest BCUT2D eigenvalue weighted by atomic mass is 16.5. The molecule has 1 unspecified atom stereocenters. The lowest BCUT2D eigenvalue weighted by Crippen LogP contribution is -2.53. The van der Waals surface area contributed by atoms with Crippen molar-refractivity contribution in [3.05, 3.63) is 42.2 Å². The smallest absolute Gasteiger partial charge is 0.167 e. The van der Waals surface area contributed by atoms with E-state index in [-0.39, 0.29) is 31.5 Å². The maximum atomic E-state index is 11.1. The van der Waals surface area contributed by atoms with Crippen molar-refractivity contribution < 1.29 is 20.1 Å². The van der Waals surface area contributed by atoms with Gasteiger partial charge in [0.2, 0.25) is 0 Å². The molecule has 2 fully saturated rings. The molecule has 1 saturated heterocycles. The van der Waals surface area contributed by atoms with E-state index < -0.39 is 11.5 Å². The van der Waals surface area contributed by atoms with Crippen LogP contribution < -0.4 is 5.73 Å². The molecule has 3 aromatic heterocycles. The van der Waals surface area contributed by atoms with Crippen molar-refractivity contribution in [1.29, 1.82) is 0 Å². The zero-order chi connectivity index (χ0) is 29.6. The molecule has 3 atom stereocenters. The Balaban J connectivity index is 1.04. The highest BCUT2D eigenvalue weighted by molar-refractivity contribution is 5.81. The van der Waals surface area contributed by atoms with Gasteiger partial charge in [0.15, 0.2) is 11.5 Å². The second-order valence-corrected chi connectivity index (χ2v) is 12.6. The fourth-order valence-corrected chi connectivity index (χ4v) is 6.47. The third-order valence-electron chi connectivity index (χ3n) is 9.35. The number of rotatable bonds is 11. The van der Waals surface area contributed by atoms with Crippen molar-refractivity contribution >= 4 is 28.0 Å². The van der Waals surface area contributed by atoms with E-state index in [0.717, 1.165) is 54.6 Å². The molecule has 1 aromatic carbocycles. The third kappa shape index (κ3) is 5.37. The number of hydrogen-bond donors (Lipinski definition) is 5. The zero-order valence-corrected chi connectivity index (χ0v) is 24.5. The quantitative estimate of drug-likeness (QED) is 0.178. The number of nitrogen functional groups attached to an aromatic ring is 1. The molecule has 4 heterocycles. The van der Waals surface area contributed by atoms with Crippen molar-refractivity contribution in [3.8, 4) is 0 Å². The lowest BCUT2D eigenvalue weighted by Gasteiger charge is -2.47. The average molecular weight is 579 g/mol. The molecule has 0 spiro atoms. The SMILES string of the molecule is CC(C)N(C[C@@H]1CC[C@H](n2cnc3c(N)ncnc32)O1)C1CC(C(O)Cc2nc3ccc(C(C)(CO)CO)cc3[nH]2)C1. The Morgan fingerprint density at radius 1 is 1.17 bits per heavy atom. The van der Waals surface area contributed by atoms with Gasteiger partial charge >= 0.3 is 0 Å². The Morgan fingerprint density at radius 2 is 1.95 bits per heavy atom. The van der Waals surface area contributed by atoms with E-state index >= 15 is 0 Å². The standard InChI is InChI=1S/C30H42N8O4/c1-17(2)37(12-21-5-7-26(42-21)38-16-34-27-28(31)32-15-33-29(27)38)20-8-18(9-20)24(41)11-25-35-22-6-4-19(10-23(22)36-25)30(3,13-39)14-40/h4,6,10,15-18,20-21,24,26,39-41H,5,7-9,11-14H2,1-3H3,(H,35,36)(H2,31,32,33)/t18?,20?,21-,24?,26+/m0/s1. The summed E-state index contributed by atoms with van der Waals surface area (Å²) in [5.74, 6) is 1.34. The summed E-state index contributed by atoms with van der Waals surface area (Å²) < 4.78 is 8.43. The van der Waals surface area contributed by atoms with Gasteiger partial charge in [-0.3, -0.25) is 9.47 Å². The number of nitrogens with zero attached hydrogens (tertiary/aromatic N) is 6. The summed E-state index contributed by atoms with van der Waals surface area (Å²) in [6, 6.07) is 6.49. The molecule has 12 heteroatoms. The molecule has 6 rings (SSSR count). The van der Waals surface area contributed by atoms with Gasteiger partial charge in [0.05, 0.1) is 42.8 Å². The Morgan fingerprint density at radius 3 is 2.69 bits per heavy atom. The summed E-state index contributed by atoms with van der Waals surface area (Å²) in [6.07, 6.45) is 6.88. The van der Waals surface area contributed by atoms with Crippen molar-refractivity contribution in [2.24, 2.45) is 5.92 Å². The number of aromatic amines is 1. The van der Waals surface area contributed by atoms with Crippen molar-refractivity contribution in [2.75, 3.05) is 25.5 Å². The maximum Gasteiger partial charge on any atom is 0.167 e. The molecule has 12 nitrogen and oxygen atoms in total. The number of fused-ring (bicyclic) bond motifs is 2. The number of aliphatic hydroxyl groups excluding tert-OH is 3. The van der Waals surface area contributed by atoms with E-state index in [1.165, 1.54) is 6.33 Å². The van der Waals surface area contributed by atoms with Gasteiger partial charge in [-0.25, -0.2) is 19.9 Å². The number of aromatic nitrogens is 6. The molecular formula is C30H42N8O4. The molecule has 2 aliphatic rings. The van der Waals surface area contributed by atoms with Crippen molar-refractivity contribution in [3.63, 3.8) is 0 Å². The predicted molar refractivity (Wildman–Crippen MR) is 159 cm³/mol. The molecule has 1 saturated carbocycles. The highest BCUT2D eigenvalue weighted by Crippen LogP contribution is 2.38. The van der Waals surface area contributed by atoms with Gasteiger partial charge in [-0.15, -0.1) is 0 Å². The Kier molecular flexibility index (Phi) is 7.92. The molecule has 0 amide bonds. The van der Waals surface area contributed by atoms with Crippen LogP contribution in [-0.2, 0) is 16.6 Å². The molecule has 42 heavy (non-hydrogen) atoms. The summed E-state index contributed by atoms with van der Waals surface area (Å²) in [4.78, 5) is 23.3. The van der Waals surface area contributed by atoms with E-state index in [1.807, 2.05) is 29.7 Å². The van der Waals surface area contributed by atoms with Crippen LogP contribution in [0, 0.1) is 5.92 Å². The molecule has 1 aliphatic carbocycles. The van der Waals surface area contributed by atoms with E-state index in [1.54, 1.807) is 6.33 Å². The number of benzene rings is 1. The zero-order valence-electron chi connectivity index (χ0n) is 24.5. The molecule has 6 N–H and O–H groups in total.